The Bertz CT molecular complexity index is 1240. The number of hydrogen-bond donors (Lipinski definition) is 0. The van der Waals surface area contributed by atoms with E-state index in [0.717, 1.165) is 5.69 Å². The van der Waals surface area contributed by atoms with Crippen LogP contribution in [0.25, 0.3) is 0 Å². The first-order valence-corrected chi connectivity index (χ1v) is 11.1. The molecule has 0 bridgehead atoms. The molecule has 3 aromatic rings. The number of hydrogen-bond acceptors (Lipinski definition) is 3. The minimum absolute atomic E-state index is 0.118. The fourth-order valence-electron chi connectivity index (χ4n) is 3.75. The third-order valence-electron chi connectivity index (χ3n) is 5.28. The van der Waals surface area contributed by atoms with Crippen molar-refractivity contribution in [2.75, 3.05) is 29.4 Å². The third kappa shape index (κ3) is 4.85. The molecule has 0 saturated heterocycles. The molecule has 1 heterocycles. The van der Waals surface area contributed by atoms with Gasteiger partial charge >= 0.3 is 0 Å². The van der Waals surface area contributed by atoms with Crippen LogP contribution in [0.5, 0.6) is 0 Å². The molecule has 0 radical (unpaired) electrons. The molecule has 0 atom stereocenters. The van der Waals surface area contributed by atoms with Crippen molar-refractivity contribution in [3.63, 3.8) is 0 Å². The Kier molecular flexibility index (Phi) is 6.92. The maximum atomic E-state index is 13.3. The number of rotatable bonds is 6. The number of anilines is 2. The first-order chi connectivity index (χ1) is 16.0. The average Bonchev–Trinajstić information content (AvgIpc) is 2.95. The van der Waals surface area contributed by atoms with Crippen molar-refractivity contribution in [3.8, 4) is 0 Å². The Morgan fingerprint density at radius 3 is 2.48 bits per heavy atom. The summed E-state index contributed by atoms with van der Waals surface area (Å²) >= 11 is 12.7. The Balaban J connectivity index is 1.74. The molecule has 3 aromatic carbocycles. The van der Waals surface area contributed by atoms with Crippen LogP contribution in [-0.2, 0) is 9.59 Å². The van der Waals surface area contributed by atoms with Gasteiger partial charge in [0, 0.05) is 33.4 Å². The van der Waals surface area contributed by atoms with Gasteiger partial charge in [-0.05, 0) is 36.4 Å². The Hall–Kier alpha value is -3.41. The smallest absolute Gasteiger partial charge is 0.249 e. The van der Waals surface area contributed by atoms with Gasteiger partial charge in [-0.15, -0.1) is 6.58 Å². The van der Waals surface area contributed by atoms with E-state index in [1.807, 2.05) is 48.5 Å². The van der Waals surface area contributed by atoms with Crippen molar-refractivity contribution in [2.24, 2.45) is 4.99 Å². The third-order valence-corrected chi connectivity index (χ3v) is 5.85. The summed E-state index contributed by atoms with van der Waals surface area (Å²) in [6.45, 7) is 3.81. The molecule has 166 valence electrons. The number of aliphatic imine (C=N–C) groups is 1. The highest BCUT2D eigenvalue weighted by molar-refractivity contribution is 6.37. The molecule has 33 heavy (non-hydrogen) atoms. The molecule has 0 aromatic heterocycles. The summed E-state index contributed by atoms with van der Waals surface area (Å²) in [6.07, 6.45) is 1.65. The predicted octanol–water partition coefficient (Wildman–Crippen LogP) is 5.40. The molecule has 1 aliphatic rings. The van der Waals surface area contributed by atoms with Crippen LogP contribution >= 0.6 is 23.2 Å². The van der Waals surface area contributed by atoms with Gasteiger partial charge in [0.2, 0.25) is 11.8 Å². The zero-order chi connectivity index (χ0) is 23.4. The molecule has 2 amide bonds. The standard InChI is InChI=1S/C26H21Cl2N3O2/c1-2-14-30(19-8-4-3-5-9-19)25(33)17-31-23-13-12-18(27)15-21(23)26(29-16-24(31)32)20-10-6-7-11-22(20)28/h2-13,15H,1,14,16-17H2. The number of para-hydroxylation sites is 1. The maximum Gasteiger partial charge on any atom is 0.249 e. The molecule has 0 spiro atoms. The van der Waals surface area contributed by atoms with E-state index in [4.69, 9.17) is 23.2 Å². The van der Waals surface area contributed by atoms with E-state index in [1.54, 1.807) is 35.2 Å². The van der Waals surface area contributed by atoms with E-state index in [0.29, 0.717) is 39.1 Å². The van der Waals surface area contributed by atoms with Crippen LogP contribution < -0.4 is 9.80 Å². The highest BCUT2D eigenvalue weighted by Gasteiger charge is 2.29. The molecule has 4 rings (SSSR count). The summed E-state index contributed by atoms with van der Waals surface area (Å²) in [4.78, 5) is 34.1. The van der Waals surface area contributed by atoms with Gasteiger partial charge in [0.1, 0.15) is 13.1 Å². The Morgan fingerprint density at radius 1 is 1.03 bits per heavy atom. The van der Waals surface area contributed by atoms with Gasteiger partial charge in [0.15, 0.2) is 0 Å². The minimum Gasteiger partial charge on any atom is -0.307 e. The van der Waals surface area contributed by atoms with Gasteiger partial charge < -0.3 is 9.80 Å². The lowest BCUT2D eigenvalue weighted by Gasteiger charge is -2.27. The molecule has 0 N–H and O–H groups in total. The van der Waals surface area contributed by atoms with Gasteiger partial charge in [-0.25, -0.2) is 0 Å². The van der Waals surface area contributed by atoms with Crippen molar-refractivity contribution < 1.29 is 9.59 Å². The fraction of sp³-hybridized carbons (Fsp3) is 0.115. The van der Waals surface area contributed by atoms with Gasteiger partial charge in [0.05, 0.1) is 11.4 Å². The molecule has 7 heteroatoms. The molecule has 0 aliphatic carbocycles. The lowest BCUT2D eigenvalue weighted by atomic mass is 10.00. The van der Waals surface area contributed by atoms with Crippen LogP contribution in [0.4, 0.5) is 11.4 Å². The zero-order valence-corrected chi connectivity index (χ0v) is 19.3. The Morgan fingerprint density at radius 2 is 1.76 bits per heavy atom. The summed E-state index contributed by atoms with van der Waals surface area (Å²) in [6, 6.07) is 21.8. The molecule has 0 saturated carbocycles. The average molecular weight is 478 g/mol. The topological polar surface area (TPSA) is 53.0 Å². The number of nitrogens with zero attached hydrogens (tertiary/aromatic N) is 3. The second-order valence-corrected chi connectivity index (χ2v) is 8.26. The van der Waals surface area contributed by atoms with Crippen molar-refractivity contribution in [1.82, 2.24) is 0 Å². The predicted molar refractivity (Wildman–Crippen MR) is 135 cm³/mol. The van der Waals surface area contributed by atoms with E-state index in [-0.39, 0.29) is 24.9 Å². The Labute approximate surface area is 202 Å². The van der Waals surface area contributed by atoms with E-state index in [1.165, 1.54) is 4.90 Å². The van der Waals surface area contributed by atoms with Gasteiger partial charge in [-0.2, -0.15) is 0 Å². The normalized spacial score (nSPS) is 13.1. The highest BCUT2D eigenvalue weighted by Crippen LogP contribution is 2.31. The lowest BCUT2D eigenvalue weighted by Crippen LogP contribution is -2.44. The number of carbonyl (C=O) groups excluding carboxylic acids is 2. The maximum absolute atomic E-state index is 13.3. The number of fused-ring (bicyclic) bond motifs is 1. The molecular weight excluding hydrogens is 457 g/mol. The summed E-state index contributed by atoms with van der Waals surface area (Å²) in [7, 11) is 0. The van der Waals surface area contributed by atoms with Crippen LogP contribution in [0.15, 0.2) is 90.4 Å². The molecular formula is C26H21Cl2N3O2. The van der Waals surface area contributed by atoms with Crippen molar-refractivity contribution >= 4 is 52.1 Å². The monoisotopic (exact) mass is 477 g/mol. The summed E-state index contributed by atoms with van der Waals surface area (Å²) in [5.74, 6) is -0.530. The number of carbonyl (C=O) groups is 2. The van der Waals surface area contributed by atoms with Crippen LogP contribution in [0, 0.1) is 0 Å². The molecule has 0 unspecified atom stereocenters. The summed E-state index contributed by atoms with van der Waals surface area (Å²) in [5, 5.41) is 1.01. The highest BCUT2D eigenvalue weighted by atomic mass is 35.5. The fourth-order valence-corrected chi connectivity index (χ4v) is 4.15. The number of halogens is 2. The lowest BCUT2D eigenvalue weighted by molar-refractivity contribution is -0.121. The van der Waals surface area contributed by atoms with Gasteiger partial charge in [-0.3, -0.25) is 14.6 Å². The van der Waals surface area contributed by atoms with Gasteiger partial charge in [-0.1, -0.05) is 65.7 Å². The van der Waals surface area contributed by atoms with E-state index in [9.17, 15) is 9.59 Å². The van der Waals surface area contributed by atoms with E-state index < -0.39 is 0 Å². The SMILES string of the molecule is C=CCN(C(=O)CN1C(=O)CN=C(c2ccccc2Cl)c2cc(Cl)ccc21)c1ccccc1. The van der Waals surface area contributed by atoms with Crippen LogP contribution in [0.2, 0.25) is 10.0 Å². The second-order valence-electron chi connectivity index (χ2n) is 7.41. The summed E-state index contributed by atoms with van der Waals surface area (Å²) < 4.78 is 0. The molecule has 1 aliphatic heterocycles. The summed E-state index contributed by atoms with van der Waals surface area (Å²) in [5.41, 5.74) is 3.19. The van der Waals surface area contributed by atoms with E-state index in [2.05, 4.69) is 11.6 Å². The number of amides is 2. The van der Waals surface area contributed by atoms with Crippen molar-refractivity contribution in [1.29, 1.82) is 0 Å². The largest absolute Gasteiger partial charge is 0.307 e. The zero-order valence-electron chi connectivity index (χ0n) is 17.7. The first kappa shape index (κ1) is 22.8. The quantitative estimate of drug-likeness (QED) is 0.446. The number of benzene rings is 3. The van der Waals surface area contributed by atoms with Crippen molar-refractivity contribution in [3.05, 3.63) is 107 Å². The molecule has 5 nitrogen and oxygen atoms in total. The van der Waals surface area contributed by atoms with E-state index >= 15 is 0 Å². The van der Waals surface area contributed by atoms with Gasteiger partial charge in [0.25, 0.3) is 0 Å². The van der Waals surface area contributed by atoms with Crippen LogP contribution in [0.3, 0.4) is 0 Å². The van der Waals surface area contributed by atoms with Crippen LogP contribution in [0.1, 0.15) is 11.1 Å². The van der Waals surface area contributed by atoms with Crippen LogP contribution in [-0.4, -0.2) is 37.2 Å². The second kappa shape index (κ2) is 10.0. The first-order valence-electron chi connectivity index (χ1n) is 10.4. The minimum atomic E-state index is -0.291. The molecule has 0 fully saturated rings. The number of benzodiazepines with no additional fused rings is 1. The van der Waals surface area contributed by atoms with Crippen molar-refractivity contribution in [2.45, 2.75) is 0 Å².